The van der Waals surface area contributed by atoms with Crippen molar-refractivity contribution in [3.8, 4) is 5.75 Å². The van der Waals surface area contributed by atoms with Crippen LogP contribution in [0.4, 0.5) is 21.9 Å². The van der Waals surface area contributed by atoms with Crippen LogP contribution in [0.25, 0.3) is 0 Å². The lowest BCUT2D eigenvalue weighted by Gasteiger charge is -2.30. The van der Waals surface area contributed by atoms with Crippen molar-refractivity contribution >= 4 is 40.6 Å². The van der Waals surface area contributed by atoms with E-state index >= 15 is 0 Å². The minimum atomic E-state index is -1.29. The highest BCUT2D eigenvalue weighted by molar-refractivity contribution is 6.16. The molecule has 0 spiro atoms. The second-order valence-corrected chi connectivity index (χ2v) is 9.95. The van der Waals surface area contributed by atoms with Crippen LogP contribution in [0.15, 0.2) is 83.9 Å². The number of anilines is 3. The highest BCUT2D eigenvalue weighted by Gasteiger charge is 2.38. The number of rotatable bonds is 8. The van der Waals surface area contributed by atoms with Gasteiger partial charge < -0.3 is 25.4 Å². The van der Waals surface area contributed by atoms with Gasteiger partial charge >= 0.3 is 6.03 Å². The number of fused-ring (bicyclic) bond motifs is 1. The van der Waals surface area contributed by atoms with Crippen molar-refractivity contribution < 1.29 is 23.9 Å². The standard InChI is InChI=1S/C31H34N6O5/c1-21(29(38)32-22-9-4-3-5-10-22)37-27-14-7-6-13-25(27)26(20-36-15-17-42-18-16-36)34-28(30(37)39)35-31(40)33-23-11-8-12-24(19-23)41-2/h3-14,19,21,28H,15-18,20H2,1-2H3,(H,32,38)(H2,33,35,40). The van der Waals surface area contributed by atoms with Gasteiger partial charge in [-0.1, -0.05) is 42.5 Å². The van der Waals surface area contributed by atoms with Crippen molar-refractivity contribution in [1.29, 1.82) is 0 Å². The largest absolute Gasteiger partial charge is 0.497 e. The van der Waals surface area contributed by atoms with Crippen LogP contribution in [-0.4, -0.2) is 80.6 Å². The Labute approximate surface area is 244 Å². The fraction of sp³-hybridized carbons (Fsp3) is 0.290. The Hall–Kier alpha value is -4.74. The van der Waals surface area contributed by atoms with Crippen molar-refractivity contribution in [2.75, 3.05) is 55.5 Å². The van der Waals surface area contributed by atoms with Gasteiger partial charge in [-0.05, 0) is 37.3 Å². The number of hydrogen-bond acceptors (Lipinski definition) is 7. The third kappa shape index (κ3) is 6.76. The van der Waals surface area contributed by atoms with Gasteiger partial charge in [-0.2, -0.15) is 0 Å². The molecule has 42 heavy (non-hydrogen) atoms. The molecule has 0 aliphatic carbocycles. The SMILES string of the molecule is COc1cccc(NC(=O)NC2N=C(CN3CCOCC3)c3ccccc3N(C(C)C(=O)Nc3ccccc3)C2=O)c1. The van der Waals surface area contributed by atoms with Crippen LogP contribution >= 0.6 is 0 Å². The lowest BCUT2D eigenvalue weighted by Crippen LogP contribution is -2.54. The molecule has 3 N–H and O–H groups in total. The number of amides is 4. The number of aliphatic imine (C=N–C) groups is 1. The van der Waals surface area contributed by atoms with Crippen LogP contribution in [0.2, 0.25) is 0 Å². The number of benzodiazepines with no additional fused rings is 1. The maximum absolute atomic E-state index is 14.2. The average molecular weight is 571 g/mol. The van der Waals surface area contributed by atoms with Crippen LogP contribution in [-0.2, 0) is 14.3 Å². The first-order valence-electron chi connectivity index (χ1n) is 13.8. The van der Waals surface area contributed by atoms with E-state index in [9.17, 15) is 14.4 Å². The molecule has 2 atom stereocenters. The number of methoxy groups -OCH3 is 1. The number of carbonyl (C=O) groups is 3. The van der Waals surface area contributed by atoms with E-state index < -0.39 is 24.1 Å². The Morgan fingerprint density at radius 3 is 2.45 bits per heavy atom. The molecule has 1 saturated heterocycles. The zero-order valence-electron chi connectivity index (χ0n) is 23.6. The van der Waals surface area contributed by atoms with E-state index in [1.807, 2.05) is 36.4 Å². The third-order valence-electron chi connectivity index (χ3n) is 7.11. The Morgan fingerprint density at radius 1 is 0.976 bits per heavy atom. The average Bonchev–Trinajstić information content (AvgIpc) is 3.12. The fourth-order valence-electron chi connectivity index (χ4n) is 4.93. The molecule has 5 rings (SSSR count). The topological polar surface area (TPSA) is 125 Å². The molecule has 1 fully saturated rings. The summed E-state index contributed by atoms with van der Waals surface area (Å²) in [6.07, 6.45) is -1.29. The molecule has 0 bridgehead atoms. The van der Waals surface area contributed by atoms with E-state index in [-0.39, 0.29) is 5.91 Å². The van der Waals surface area contributed by atoms with Crippen LogP contribution in [0.1, 0.15) is 12.5 Å². The molecule has 4 amide bonds. The predicted octanol–water partition coefficient (Wildman–Crippen LogP) is 3.34. The van der Waals surface area contributed by atoms with Crippen molar-refractivity contribution in [3.63, 3.8) is 0 Å². The zero-order chi connectivity index (χ0) is 29.5. The second-order valence-electron chi connectivity index (χ2n) is 9.95. The number of nitrogens with zero attached hydrogens (tertiary/aromatic N) is 3. The first-order chi connectivity index (χ1) is 20.4. The van der Waals surface area contributed by atoms with Gasteiger partial charge in [0.15, 0.2) is 0 Å². The van der Waals surface area contributed by atoms with Gasteiger partial charge in [-0.3, -0.25) is 24.4 Å². The lowest BCUT2D eigenvalue weighted by molar-refractivity contribution is -0.124. The van der Waals surface area contributed by atoms with Crippen LogP contribution in [0.5, 0.6) is 5.75 Å². The maximum Gasteiger partial charge on any atom is 0.321 e. The molecule has 2 aliphatic heterocycles. The van der Waals surface area contributed by atoms with Crippen molar-refractivity contribution in [2.45, 2.75) is 19.1 Å². The van der Waals surface area contributed by atoms with E-state index in [4.69, 9.17) is 14.5 Å². The van der Waals surface area contributed by atoms with Gasteiger partial charge in [0, 0.05) is 42.6 Å². The summed E-state index contributed by atoms with van der Waals surface area (Å²) >= 11 is 0. The number of ether oxygens (including phenoxy) is 2. The van der Waals surface area contributed by atoms with E-state index in [2.05, 4.69) is 20.9 Å². The second kappa shape index (κ2) is 13.3. The van der Waals surface area contributed by atoms with E-state index in [1.54, 1.807) is 49.4 Å². The summed E-state index contributed by atoms with van der Waals surface area (Å²) in [4.78, 5) is 49.2. The fourth-order valence-corrected chi connectivity index (χ4v) is 4.93. The normalized spacial score (nSPS) is 17.8. The van der Waals surface area contributed by atoms with Crippen LogP contribution < -0.4 is 25.6 Å². The molecule has 3 aromatic carbocycles. The highest BCUT2D eigenvalue weighted by atomic mass is 16.5. The van der Waals surface area contributed by atoms with E-state index in [0.29, 0.717) is 66.9 Å². The number of benzene rings is 3. The van der Waals surface area contributed by atoms with Gasteiger partial charge in [0.1, 0.15) is 11.8 Å². The molecule has 11 heteroatoms. The van der Waals surface area contributed by atoms with Gasteiger partial charge in [-0.25, -0.2) is 4.79 Å². The summed E-state index contributed by atoms with van der Waals surface area (Å²) < 4.78 is 10.7. The Bertz CT molecular complexity index is 1460. The van der Waals surface area contributed by atoms with Crippen LogP contribution in [0.3, 0.4) is 0 Å². The summed E-state index contributed by atoms with van der Waals surface area (Å²) in [6.45, 7) is 4.73. The summed E-state index contributed by atoms with van der Waals surface area (Å²) in [7, 11) is 1.54. The van der Waals surface area contributed by atoms with Gasteiger partial charge in [0.05, 0.1) is 31.7 Å². The molecule has 2 heterocycles. The Morgan fingerprint density at radius 2 is 1.69 bits per heavy atom. The minimum absolute atomic E-state index is 0.374. The number of morpholine rings is 1. The van der Waals surface area contributed by atoms with E-state index in [0.717, 1.165) is 0 Å². The van der Waals surface area contributed by atoms with Crippen molar-refractivity contribution in [3.05, 3.63) is 84.4 Å². The number of nitrogens with one attached hydrogen (secondary N) is 3. The summed E-state index contributed by atoms with van der Waals surface area (Å²) in [5.74, 6) is -0.333. The Kier molecular flexibility index (Phi) is 9.10. The molecular weight excluding hydrogens is 536 g/mol. The number of hydrogen-bond donors (Lipinski definition) is 3. The summed E-state index contributed by atoms with van der Waals surface area (Å²) in [5, 5.41) is 8.35. The molecule has 218 valence electrons. The quantitative estimate of drug-likeness (QED) is 0.382. The van der Waals surface area contributed by atoms with Gasteiger partial charge in [0.25, 0.3) is 5.91 Å². The molecule has 2 aliphatic rings. The van der Waals surface area contributed by atoms with E-state index in [1.165, 1.54) is 12.0 Å². The van der Waals surface area contributed by atoms with Crippen LogP contribution in [0, 0.1) is 0 Å². The number of carbonyl (C=O) groups excluding carboxylic acids is 3. The Balaban J connectivity index is 1.47. The molecule has 3 aromatic rings. The maximum atomic E-state index is 14.2. The molecule has 2 unspecified atom stereocenters. The first-order valence-corrected chi connectivity index (χ1v) is 13.8. The number of urea groups is 1. The third-order valence-corrected chi connectivity index (χ3v) is 7.11. The first kappa shape index (κ1) is 28.8. The zero-order valence-corrected chi connectivity index (χ0v) is 23.6. The van der Waals surface area contributed by atoms with Gasteiger partial charge in [-0.15, -0.1) is 0 Å². The van der Waals surface area contributed by atoms with Crippen molar-refractivity contribution in [1.82, 2.24) is 10.2 Å². The molecule has 0 radical (unpaired) electrons. The molecule has 11 nitrogen and oxygen atoms in total. The summed E-state index contributed by atoms with van der Waals surface area (Å²) in [6, 6.07) is 21.8. The monoisotopic (exact) mass is 570 g/mol. The van der Waals surface area contributed by atoms with Gasteiger partial charge in [0.2, 0.25) is 12.1 Å². The smallest absolute Gasteiger partial charge is 0.321 e. The lowest BCUT2D eigenvalue weighted by atomic mass is 10.0. The molecule has 0 aromatic heterocycles. The minimum Gasteiger partial charge on any atom is -0.497 e. The van der Waals surface area contributed by atoms with Crippen molar-refractivity contribution in [2.24, 2.45) is 4.99 Å². The predicted molar refractivity (Wildman–Crippen MR) is 161 cm³/mol. The molecule has 0 saturated carbocycles. The summed E-state index contributed by atoms with van der Waals surface area (Å²) in [5.41, 5.74) is 2.99. The molecular formula is C31H34N6O5. The highest BCUT2D eigenvalue weighted by Crippen LogP contribution is 2.29. The number of para-hydroxylation sites is 2.